The van der Waals surface area contributed by atoms with E-state index in [1.165, 1.54) is 28.0 Å². The van der Waals surface area contributed by atoms with Crippen LogP contribution in [0.3, 0.4) is 0 Å². The molecule has 2 N–H and O–H groups in total. The Morgan fingerprint density at radius 1 is 1.03 bits per heavy atom. The Kier molecular flexibility index (Phi) is 4.38. The van der Waals surface area contributed by atoms with Gasteiger partial charge in [-0.2, -0.15) is 0 Å². The Bertz CT molecular complexity index is 1180. The van der Waals surface area contributed by atoms with Gasteiger partial charge < -0.3 is 10.1 Å². The molecule has 2 amide bonds. The molecule has 0 radical (unpaired) electrons. The van der Waals surface area contributed by atoms with E-state index in [1.54, 1.807) is 12.1 Å². The number of thiazole rings is 1. The van der Waals surface area contributed by atoms with Crippen LogP contribution in [0.2, 0.25) is 0 Å². The average Bonchev–Trinajstić information content (AvgIpc) is 3.19. The van der Waals surface area contributed by atoms with Gasteiger partial charge in [0.25, 0.3) is 0 Å². The minimum Gasteiger partial charge on any atom is -0.508 e. The van der Waals surface area contributed by atoms with Gasteiger partial charge in [0.1, 0.15) is 11.0 Å². The number of nitrogens with one attached hydrogen (secondary N) is 1. The van der Waals surface area contributed by atoms with Gasteiger partial charge in [0.15, 0.2) is 3.95 Å². The zero-order valence-corrected chi connectivity index (χ0v) is 17.7. The first-order valence-electron chi connectivity index (χ1n) is 9.07. The first-order chi connectivity index (χ1) is 13.9. The summed E-state index contributed by atoms with van der Waals surface area (Å²) in [6, 6.07) is 14.3. The molecule has 2 aromatic carbocycles. The number of H-pyrrole nitrogens is 1. The van der Waals surface area contributed by atoms with Crippen molar-refractivity contribution in [3.8, 4) is 5.75 Å². The first-order valence-corrected chi connectivity index (χ1v) is 11.2. The summed E-state index contributed by atoms with van der Waals surface area (Å²) in [6.07, 6.45) is 0. The summed E-state index contributed by atoms with van der Waals surface area (Å²) in [5, 5.41) is 10.0. The largest absolute Gasteiger partial charge is 0.508 e. The van der Waals surface area contributed by atoms with Crippen LogP contribution in [0.4, 0.5) is 5.69 Å². The number of amides is 2. The summed E-state index contributed by atoms with van der Waals surface area (Å²) in [5.41, 5.74) is 2.55. The first kappa shape index (κ1) is 18.6. The van der Waals surface area contributed by atoms with Gasteiger partial charge in [-0.05, 0) is 49.0 Å². The highest BCUT2D eigenvalue weighted by atomic mass is 32.2. The lowest BCUT2D eigenvalue weighted by Crippen LogP contribution is -2.32. The van der Waals surface area contributed by atoms with Gasteiger partial charge in [-0.3, -0.25) is 9.59 Å². The van der Waals surface area contributed by atoms with Crippen molar-refractivity contribution in [3.05, 3.63) is 68.5 Å². The number of thioether (sulfide) groups is 1. The van der Waals surface area contributed by atoms with Crippen molar-refractivity contribution in [1.82, 2.24) is 4.98 Å². The van der Waals surface area contributed by atoms with Crippen LogP contribution in [0.5, 0.6) is 5.75 Å². The number of rotatable bonds is 2. The second-order valence-corrected chi connectivity index (χ2v) is 10.1. The highest BCUT2D eigenvalue weighted by Gasteiger charge is 2.56. The molecule has 1 aromatic heterocycles. The summed E-state index contributed by atoms with van der Waals surface area (Å²) in [7, 11) is 0. The molecule has 3 unspecified atom stereocenters. The minimum atomic E-state index is -0.521. The molecule has 0 bridgehead atoms. The van der Waals surface area contributed by atoms with Gasteiger partial charge in [-0.25, -0.2) is 4.90 Å². The van der Waals surface area contributed by atoms with Gasteiger partial charge in [-0.15, -0.1) is 11.3 Å². The van der Waals surface area contributed by atoms with Gasteiger partial charge in [0.2, 0.25) is 11.8 Å². The number of hydrogen-bond acceptors (Lipinski definition) is 6. The van der Waals surface area contributed by atoms with Gasteiger partial charge in [0.05, 0.1) is 16.6 Å². The highest BCUT2D eigenvalue weighted by Crippen LogP contribution is 2.54. The molecular weight excluding hydrogens is 424 g/mol. The summed E-state index contributed by atoms with van der Waals surface area (Å²) < 4.78 is 0.626. The van der Waals surface area contributed by atoms with Crippen LogP contribution < -0.4 is 4.90 Å². The van der Waals surface area contributed by atoms with Crippen LogP contribution in [0.1, 0.15) is 21.9 Å². The van der Waals surface area contributed by atoms with E-state index in [1.807, 2.05) is 43.3 Å². The van der Waals surface area contributed by atoms with E-state index in [0.29, 0.717) is 9.64 Å². The minimum absolute atomic E-state index is 0.160. The lowest BCUT2D eigenvalue weighted by molar-refractivity contribution is -0.122. The van der Waals surface area contributed by atoms with Crippen LogP contribution >= 0.6 is 35.3 Å². The smallest absolute Gasteiger partial charge is 0.248 e. The van der Waals surface area contributed by atoms with Crippen molar-refractivity contribution in [3.63, 3.8) is 0 Å². The Balaban J connectivity index is 1.64. The molecule has 5 nitrogen and oxygen atoms in total. The van der Waals surface area contributed by atoms with Crippen LogP contribution in [0, 0.1) is 16.8 Å². The van der Waals surface area contributed by atoms with E-state index in [4.69, 9.17) is 12.2 Å². The molecule has 3 heterocycles. The molecule has 3 aromatic rings. The zero-order chi connectivity index (χ0) is 20.3. The quantitative estimate of drug-likeness (QED) is 0.450. The summed E-state index contributed by atoms with van der Waals surface area (Å²) in [6.45, 7) is 1.97. The van der Waals surface area contributed by atoms with E-state index in [-0.39, 0.29) is 23.5 Å². The molecule has 1 saturated heterocycles. The van der Waals surface area contributed by atoms with E-state index in [0.717, 1.165) is 21.0 Å². The molecule has 0 spiro atoms. The summed E-state index contributed by atoms with van der Waals surface area (Å²) in [4.78, 5) is 32.3. The fraction of sp³-hybridized carbons (Fsp3) is 0.190. The third-order valence-electron chi connectivity index (χ3n) is 5.37. The normalized spacial score (nSPS) is 23.2. The topological polar surface area (TPSA) is 73.4 Å². The maximum Gasteiger partial charge on any atom is 0.248 e. The Morgan fingerprint density at radius 3 is 2.41 bits per heavy atom. The number of aromatic hydroxyl groups is 1. The highest BCUT2D eigenvalue weighted by molar-refractivity contribution is 8.01. The monoisotopic (exact) mass is 440 g/mol. The number of imide groups is 1. The number of phenols is 1. The number of aryl methyl sites for hydroxylation is 1. The van der Waals surface area contributed by atoms with E-state index in [9.17, 15) is 14.7 Å². The van der Waals surface area contributed by atoms with Crippen molar-refractivity contribution >= 4 is 52.8 Å². The second-order valence-electron chi connectivity index (χ2n) is 7.19. The predicted molar refractivity (Wildman–Crippen MR) is 116 cm³/mol. The number of hydrogen-bond donors (Lipinski definition) is 2. The number of phenolic OH excluding ortho intramolecular Hbond substituents is 1. The zero-order valence-electron chi connectivity index (χ0n) is 15.3. The van der Waals surface area contributed by atoms with Crippen molar-refractivity contribution in [2.24, 2.45) is 5.92 Å². The number of aromatic amines is 1. The van der Waals surface area contributed by atoms with Crippen LogP contribution in [-0.4, -0.2) is 27.2 Å². The molecule has 29 heavy (non-hydrogen) atoms. The SMILES string of the molecule is Cc1ccc(N2C(=O)C3Sc4[nH]c(=S)sc4C(c4ccc(O)cc4)C3C2=O)cc1. The van der Waals surface area contributed by atoms with E-state index < -0.39 is 11.2 Å². The van der Waals surface area contributed by atoms with Crippen molar-refractivity contribution in [1.29, 1.82) is 0 Å². The van der Waals surface area contributed by atoms with Crippen LogP contribution in [-0.2, 0) is 9.59 Å². The van der Waals surface area contributed by atoms with E-state index >= 15 is 0 Å². The van der Waals surface area contributed by atoms with Crippen molar-refractivity contribution in [2.75, 3.05) is 4.90 Å². The molecule has 3 atom stereocenters. The standard InChI is InChI=1S/C21H16N2O3S3/c1-10-2-6-12(7-3-10)23-19(25)15-14(11-4-8-13(24)9-5-11)16-18(22-21(27)29-16)28-17(15)20(23)26/h2-9,14-15,17,24H,1H3,(H,22,27). The van der Waals surface area contributed by atoms with Crippen molar-refractivity contribution in [2.45, 2.75) is 23.1 Å². The lowest BCUT2D eigenvalue weighted by atomic mass is 9.83. The fourth-order valence-electron chi connectivity index (χ4n) is 4.01. The van der Waals surface area contributed by atoms with Crippen LogP contribution in [0.25, 0.3) is 0 Å². The van der Waals surface area contributed by atoms with Gasteiger partial charge >= 0.3 is 0 Å². The molecule has 0 aliphatic carbocycles. The van der Waals surface area contributed by atoms with Crippen LogP contribution in [0.15, 0.2) is 53.6 Å². The van der Waals surface area contributed by atoms with Gasteiger partial charge in [0, 0.05) is 10.8 Å². The molecule has 8 heteroatoms. The summed E-state index contributed by atoms with van der Waals surface area (Å²) in [5.74, 6) is -1.05. The molecular formula is C21H16N2O3S3. The average molecular weight is 441 g/mol. The number of nitrogens with zero attached hydrogens (tertiary/aromatic N) is 1. The summed E-state index contributed by atoms with van der Waals surface area (Å²) >= 11 is 8.17. The second kappa shape index (κ2) is 6.83. The third-order valence-corrected chi connectivity index (χ3v) is 8.12. The fourth-order valence-corrected chi connectivity index (χ4v) is 6.97. The molecule has 0 saturated carbocycles. The molecule has 146 valence electrons. The number of carbonyl (C=O) groups excluding carboxylic acids is 2. The Morgan fingerprint density at radius 2 is 1.72 bits per heavy atom. The molecule has 1 fully saturated rings. The lowest BCUT2D eigenvalue weighted by Gasteiger charge is -2.29. The van der Waals surface area contributed by atoms with Crippen molar-refractivity contribution < 1.29 is 14.7 Å². The number of fused-ring (bicyclic) bond motifs is 2. The molecule has 2 aliphatic rings. The number of carbonyl (C=O) groups is 2. The Hall–Kier alpha value is -2.42. The van der Waals surface area contributed by atoms with E-state index in [2.05, 4.69) is 4.98 Å². The maximum atomic E-state index is 13.5. The Labute approximate surface area is 180 Å². The third kappa shape index (κ3) is 2.94. The molecule has 5 rings (SSSR count). The number of benzene rings is 2. The van der Waals surface area contributed by atoms with Gasteiger partial charge in [-0.1, -0.05) is 41.6 Å². The maximum absolute atomic E-state index is 13.5. The number of aromatic nitrogens is 1. The predicted octanol–water partition coefficient (Wildman–Crippen LogP) is 4.62. The molecule has 2 aliphatic heterocycles. The number of anilines is 1.